The number of hydrogen-bond donors (Lipinski definition) is 1. The van der Waals surface area contributed by atoms with Crippen LogP contribution >= 0.6 is 11.3 Å². The Morgan fingerprint density at radius 1 is 1.48 bits per heavy atom. The predicted octanol–water partition coefficient (Wildman–Crippen LogP) is 3.92. The molecule has 1 aliphatic rings. The highest BCUT2D eigenvalue weighted by atomic mass is 32.1. The van der Waals surface area contributed by atoms with Crippen LogP contribution in [0.5, 0.6) is 11.5 Å². The lowest BCUT2D eigenvalue weighted by Gasteiger charge is -2.29. The van der Waals surface area contributed by atoms with Crippen LogP contribution in [0.25, 0.3) is 0 Å². The number of ether oxygens (including phenoxy) is 2. The first-order valence-electron chi connectivity index (χ1n) is 8.26. The van der Waals surface area contributed by atoms with Gasteiger partial charge in [0.15, 0.2) is 5.13 Å². The molecule has 6 nitrogen and oxygen atoms in total. The topological polar surface area (TPSA) is 63.7 Å². The smallest absolute Gasteiger partial charge is 0.324 e. The maximum Gasteiger partial charge on any atom is 0.324 e. The summed E-state index contributed by atoms with van der Waals surface area (Å²) in [6.45, 7) is 6.93. The Hall–Kier alpha value is -2.28. The molecule has 1 N–H and O–H groups in total. The molecule has 0 spiro atoms. The Labute approximate surface area is 151 Å². The van der Waals surface area contributed by atoms with E-state index in [1.54, 1.807) is 12.0 Å². The maximum atomic E-state index is 12.7. The number of thiazole rings is 1. The van der Waals surface area contributed by atoms with Crippen LogP contribution in [0.4, 0.5) is 9.93 Å². The van der Waals surface area contributed by atoms with Gasteiger partial charge in [-0.05, 0) is 32.4 Å². The molecule has 134 valence electrons. The predicted molar refractivity (Wildman–Crippen MR) is 98.6 cm³/mol. The number of anilines is 1. The van der Waals surface area contributed by atoms with Gasteiger partial charge in [-0.15, -0.1) is 11.3 Å². The second-order valence-corrected chi connectivity index (χ2v) is 7.48. The lowest BCUT2D eigenvalue weighted by molar-refractivity contribution is 0.0833. The van der Waals surface area contributed by atoms with Crippen LogP contribution in [0.3, 0.4) is 0 Å². The fourth-order valence-electron chi connectivity index (χ4n) is 2.78. The van der Waals surface area contributed by atoms with E-state index in [4.69, 9.17) is 9.47 Å². The molecule has 2 heterocycles. The molecule has 0 aliphatic carbocycles. The molecule has 1 aromatic carbocycles. The van der Waals surface area contributed by atoms with Crippen LogP contribution in [0.15, 0.2) is 23.6 Å². The zero-order valence-electron chi connectivity index (χ0n) is 15.0. The third-order valence-electron chi connectivity index (χ3n) is 4.01. The van der Waals surface area contributed by atoms with Crippen LogP contribution in [0.1, 0.15) is 32.0 Å². The van der Waals surface area contributed by atoms with Gasteiger partial charge in [0.05, 0.1) is 25.9 Å². The molecule has 1 aromatic heterocycles. The van der Waals surface area contributed by atoms with Crippen molar-refractivity contribution in [3.8, 4) is 11.5 Å². The molecule has 0 fully saturated rings. The molecule has 0 saturated carbocycles. The number of rotatable bonds is 3. The molecule has 2 amide bonds. The normalized spacial score (nSPS) is 15.8. The number of nitrogens with one attached hydrogen (secondary N) is 1. The molecule has 2 aromatic rings. The summed E-state index contributed by atoms with van der Waals surface area (Å²) in [5.41, 5.74) is 1.43. The molecule has 0 radical (unpaired) electrons. The minimum Gasteiger partial charge on any atom is -0.497 e. The highest BCUT2D eigenvalue weighted by molar-refractivity contribution is 7.13. The third kappa shape index (κ3) is 4.04. The first-order chi connectivity index (χ1) is 11.9. The van der Waals surface area contributed by atoms with Crippen molar-refractivity contribution >= 4 is 22.5 Å². The lowest BCUT2D eigenvalue weighted by Crippen LogP contribution is -2.44. The van der Waals surface area contributed by atoms with Crippen LogP contribution < -0.4 is 14.8 Å². The van der Waals surface area contributed by atoms with Gasteiger partial charge >= 0.3 is 6.03 Å². The lowest BCUT2D eigenvalue weighted by atomic mass is 10.1. The summed E-state index contributed by atoms with van der Waals surface area (Å²) in [5.74, 6) is 1.49. The average Bonchev–Trinajstić information content (AvgIpc) is 2.96. The zero-order valence-corrected chi connectivity index (χ0v) is 15.8. The van der Waals surface area contributed by atoms with Crippen LogP contribution in [-0.2, 0) is 13.0 Å². The van der Waals surface area contributed by atoms with Gasteiger partial charge < -0.3 is 14.4 Å². The van der Waals surface area contributed by atoms with Gasteiger partial charge in [0.2, 0.25) is 0 Å². The van der Waals surface area contributed by atoms with Crippen molar-refractivity contribution in [1.82, 2.24) is 9.88 Å². The molecule has 3 rings (SSSR count). The van der Waals surface area contributed by atoms with Crippen molar-refractivity contribution < 1.29 is 14.3 Å². The van der Waals surface area contributed by atoms with E-state index in [9.17, 15) is 4.79 Å². The summed E-state index contributed by atoms with van der Waals surface area (Å²) < 4.78 is 11.4. The highest BCUT2D eigenvalue weighted by Crippen LogP contribution is 2.33. The molecule has 0 saturated heterocycles. The molecule has 0 atom stereocenters. The standard InChI is InChI=1S/C18H23N3O3S/c1-5-13-10-25-16(19-13)20-17(22)21-9-12-6-7-14(23-4)8-15(12)24-18(2,3)11-21/h6-8,10H,5,9,11H2,1-4H3,(H,19,20,22). The maximum absolute atomic E-state index is 12.7. The molecule has 7 heteroatoms. The van der Waals surface area contributed by atoms with Crippen molar-refractivity contribution in [3.63, 3.8) is 0 Å². The van der Waals surface area contributed by atoms with Crippen molar-refractivity contribution in [2.45, 2.75) is 39.3 Å². The van der Waals surface area contributed by atoms with E-state index >= 15 is 0 Å². The number of carbonyl (C=O) groups is 1. The molecule has 25 heavy (non-hydrogen) atoms. The zero-order chi connectivity index (χ0) is 18.0. The van der Waals surface area contributed by atoms with Crippen molar-refractivity contribution in [2.24, 2.45) is 0 Å². The second kappa shape index (κ2) is 6.92. The number of fused-ring (bicyclic) bond motifs is 1. The number of carbonyl (C=O) groups excluding carboxylic acids is 1. The first kappa shape index (κ1) is 17.5. The summed E-state index contributed by atoms with van der Waals surface area (Å²) in [7, 11) is 1.63. The van der Waals surface area contributed by atoms with Crippen molar-refractivity contribution in [2.75, 3.05) is 19.0 Å². The third-order valence-corrected chi connectivity index (χ3v) is 4.82. The van der Waals surface area contributed by atoms with E-state index in [1.165, 1.54) is 11.3 Å². The number of aryl methyl sites for hydroxylation is 1. The van der Waals surface area contributed by atoms with Gasteiger partial charge in [-0.2, -0.15) is 0 Å². The largest absolute Gasteiger partial charge is 0.497 e. The van der Waals surface area contributed by atoms with Gasteiger partial charge in [0, 0.05) is 17.0 Å². The summed E-state index contributed by atoms with van der Waals surface area (Å²) in [4.78, 5) is 18.9. The second-order valence-electron chi connectivity index (χ2n) is 6.62. The van der Waals surface area contributed by atoms with Gasteiger partial charge in [0.1, 0.15) is 17.1 Å². The molecular formula is C18H23N3O3S. The van der Waals surface area contributed by atoms with E-state index in [0.29, 0.717) is 18.2 Å². The number of aromatic nitrogens is 1. The molecule has 0 bridgehead atoms. The highest BCUT2D eigenvalue weighted by Gasteiger charge is 2.32. The average molecular weight is 361 g/mol. The first-order valence-corrected chi connectivity index (χ1v) is 9.14. The van der Waals surface area contributed by atoms with Crippen LogP contribution in [-0.4, -0.2) is 35.2 Å². The van der Waals surface area contributed by atoms with E-state index in [-0.39, 0.29) is 6.03 Å². The number of hydrogen-bond acceptors (Lipinski definition) is 5. The van der Waals surface area contributed by atoms with Crippen LogP contribution in [0.2, 0.25) is 0 Å². The monoisotopic (exact) mass is 361 g/mol. The van der Waals surface area contributed by atoms with E-state index in [2.05, 4.69) is 10.3 Å². The number of benzene rings is 1. The summed E-state index contributed by atoms with van der Waals surface area (Å²) in [6, 6.07) is 5.52. The quantitative estimate of drug-likeness (QED) is 0.900. The summed E-state index contributed by atoms with van der Waals surface area (Å²) >= 11 is 1.44. The molecular weight excluding hydrogens is 338 g/mol. The molecule has 0 unspecified atom stereocenters. The van der Waals surface area contributed by atoms with E-state index in [0.717, 1.165) is 29.2 Å². The summed E-state index contributed by atoms with van der Waals surface area (Å²) in [6.07, 6.45) is 0.853. The molecule has 1 aliphatic heterocycles. The Bertz CT molecular complexity index is 773. The Morgan fingerprint density at radius 3 is 2.96 bits per heavy atom. The summed E-state index contributed by atoms with van der Waals surface area (Å²) in [5, 5.41) is 5.49. The van der Waals surface area contributed by atoms with E-state index in [1.807, 2.05) is 44.4 Å². The van der Waals surface area contributed by atoms with Gasteiger partial charge in [-0.3, -0.25) is 5.32 Å². The number of amides is 2. The van der Waals surface area contributed by atoms with Gasteiger partial charge in [-0.25, -0.2) is 9.78 Å². The fraction of sp³-hybridized carbons (Fsp3) is 0.444. The minimum atomic E-state index is -0.508. The fourth-order valence-corrected chi connectivity index (χ4v) is 3.56. The Kier molecular flexibility index (Phi) is 4.85. The number of nitrogens with zero attached hydrogens (tertiary/aromatic N) is 2. The Balaban J connectivity index is 1.81. The van der Waals surface area contributed by atoms with Gasteiger partial charge in [0.25, 0.3) is 0 Å². The van der Waals surface area contributed by atoms with E-state index < -0.39 is 5.60 Å². The van der Waals surface area contributed by atoms with Crippen molar-refractivity contribution in [1.29, 1.82) is 0 Å². The van der Waals surface area contributed by atoms with Crippen molar-refractivity contribution in [3.05, 3.63) is 34.8 Å². The van der Waals surface area contributed by atoms with Gasteiger partial charge in [-0.1, -0.05) is 6.92 Å². The minimum absolute atomic E-state index is 0.169. The SMILES string of the molecule is CCc1csc(NC(=O)N2Cc3ccc(OC)cc3OC(C)(C)C2)n1. The number of urea groups is 1. The Morgan fingerprint density at radius 2 is 2.28 bits per heavy atom. The van der Waals surface area contributed by atoms with Crippen LogP contribution in [0, 0.1) is 0 Å². The number of methoxy groups -OCH3 is 1.